The van der Waals surface area contributed by atoms with E-state index in [1.807, 2.05) is 18.7 Å². The minimum Gasteiger partial charge on any atom is -0.378 e. The molecule has 1 aliphatic heterocycles. The zero-order valence-electron chi connectivity index (χ0n) is 14.2. The fourth-order valence-corrected chi connectivity index (χ4v) is 3.67. The molecule has 1 spiro atoms. The van der Waals surface area contributed by atoms with E-state index in [9.17, 15) is 4.79 Å². The molecule has 1 saturated carbocycles. The number of ether oxygens (including phenoxy) is 2. The molecule has 0 radical (unpaired) electrons. The van der Waals surface area contributed by atoms with Gasteiger partial charge in [0.1, 0.15) is 5.76 Å². The molecule has 1 aromatic heterocycles. The monoisotopic (exact) mass is 322 g/mol. The predicted octanol–water partition coefficient (Wildman–Crippen LogP) is 2.42. The molecule has 0 unspecified atom stereocenters. The lowest BCUT2D eigenvalue weighted by molar-refractivity contribution is -0.136. The second kappa shape index (κ2) is 6.61. The summed E-state index contributed by atoms with van der Waals surface area (Å²) in [6.45, 7) is 8.37. The van der Waals surface area contributed by atoms with E-state index >= 15 is 0 Å². The van der Waals surface area contributed by atoms with Crippen molar-refractivity contribution in [3.63, 3.8) is 0 Å². The standard InChI is InChI=1S/C17H26N2O4/c1-12(2)21-10-14-5-4-6-17(14)11-19(7-8-22-17)16(20)15-9-13(3)23-18-15/h9,12,14H,4-8,10-11H2,1-3H3/t14-,17+/m0/s1. The largest absolute Gasteiger partial charge is 0.378 e. The maximum absolute atomic E-state index is 12.6. The number of hydrogen-bond donors (Lipinski definition) is 0. The summed E-state index contributed by atoms with van der Waals surface area (Å²) < 4.78 is 17.0. The normalized spacial score (nSPS) is 28.0. The molecule has 23 heavy (non-hydrogen) atoms. The summed E-state index contributed by atoms with van der Waals surface area (Å²) in [6, 6.07) is 1.69. The van der Waals surface area contributed by atoms with Crippen LogP contribution in [0.4, 0.5) is 0 Å². The quantitative estimate of drug-likeness (QED) is 0.852. The maximum Gasteiger partial charge on any atom is 0.276 e. The van der Waals surface area contributed by atoms with E-state index in [-0.39, 0.29) is 17.6 Å². The van der Waals surface area contributed by atoms with Crippen LogP contribution >= 0.6 is 0 Å². The molecule has 1 aliphatic carbocycles. The molecule has 0 N–H and O–H groups in total. The Balaban J connectivity index is 1.70. The Morgan fingerprint density at radius 1 is 1.57 bits per heavy atom. The number of morpholine rings is 1. The molecule has 6 nitrogen and oxygen atoms in total. The van der Waals surface area contributed by atoms with Crippen molar-refractivity contribution in [2.24, 2.45) is 5.92 Å². The molecule has 6 heteroatoms. The second-order valence-corrected chi connectivity index (χ2v) is 6.93. The van der Waals surface area contributed by atoms with Gasteiger partial charge in [-0.1, -0.05) is 11.6 Å². The van der Waals surface area contributed by atoms with Crippen molar-refractivity contribution < 1.29 is 18.8 Å². The molecule has 1 amide bonds. The molecule has 2 atom stereocenters. The average Bonchev–Trinajstić information content (AvgIpc) is 3.11. The van der Waals surface area contributed by atoms with Crippen LogP contribution in [0, 0.1) is 12.8 Å². The Labute approximate surface area is 137 Å². The van der Waals surface area contributed by atoms with Gasteiger partial charge < -0.3 is 18.9 Å². The van der Waals surface area contributed by atoms with Crippen molar-refractivity contribution in [1.29, 1.82) is 0 Å². The summed E-state index contributed by atoms with van der Waals surface area (Å²) in [5.74, 6) is 0.930. The summed E-state index contributed by atoms with van der Waals surface area (Å²) in [6.07, 6.45) is 3.42. The Morgan fingerprint density at radius 2 is 2.39 bits per heavy atom. The van der Waals surface area contributed by atoms with Crippen LogP contribution in [0.3, 0.4) is 0 Å². The van der Waals surface area contributed by atoms with E-state index in [2.05, 4.69) is 5.16 Å². The Bertz CT molecular complexity index is 557. The lowest BCUT2D eigenvalue weighted by atomic mass is 9.89. The van der Waals surface area contributed by atoms with E-state index in [1.165, 1.54) is 0 Å². The molecule has 3 rings (SSSR count). The number of rotatable bonds is 4. The van der Waals surface area contributed by atoms with Gasteiger partial charge in [0.2, 0.25) is 0 Å². The SMILES string of the molecule is Cc1cc(C(=O)N2CCO[C@]3(CCC[C@H]3COC(C)C)C2)no1. The number of carbonyl (C=O) groups is 1. The maximum atomic E-state index is 12.6. The molecule has 0 bridgehead atoms. The number of carbonyl (C=O) groups excluding carboxylic acids is 1. The topological polar surface area (TPSA) is 64.8 Å². The first kappa shape index (κ1) is 16.5. The van der Waals surface area contributed by atoms with E-state index < -0.39 is 0 Å². The van der Waals surface area contributed by atoms with Gasteiger partial charge >= 0.3 is 0 Å². The van der Waals surface area contributed by atoms with Crippen LogP contribution in [0.2, 0.25) is 0 Å². The van der Waals surface area contributed by atoms with Crippen molar-refractivity contribution in [1.82, 2.24) is 10.1 Å². The number of hydrogen-bond acceptors (Lipinski definition) is 5. The first-order chi connectivity index (χ1) is 11.0. The van der Waals surface area contributed by atoms with Gasteiger partial charge in [-0.25, -0.2) is 0 Å². The molecule has 0 aromatic carbocycles. The highest BCUT2D eigenvalue weighted by molar-refractivity contribution is 5.92. The van der Waals surface area contributed by atoms with Crippen LogP contribution in [-0.2, 0) is 9.47 Å². The van der Waals surface area contributed by atoms with Crippen molar-refractivity contribution in [2.45, 2.75) is 51.7 Å². The summed E-state index contributed by atoms with van der Waals surface area (Å²) in [5.41, 5.74) is 0.120. The summed E-state index contributed by atoms with van der Waals surface area (Å²) in [4.78, 5) is 14.5. The van der Waals surface area contributed by atoms with Crippen LogP contribution in [0.15, 0.2) is 10.6 Å². The predicted molar refractivity (Wildman–Crippen MR) is 84.3 cm³/mol. The van der Waals surface area contributed by atoms with Crippen molar-refractivity contribution >= 4 is 5.91 Å². The van der Waals surface area contributed by atoms with Gasteiger partial charge in [-0.15, -0.1) is 0 Å². The molecule has 128 valence electrons. The number of amides is 1. The molecular formula is C17H26N2O4. The Morgan fingerprint density at radius 3 is 3.09 bits per heavy atom. The third kappa shape index (κ3) is 3.43. The van der Waals surface area contributed by atoms with Crippen LogP contribution in [0.5, 0.6) is 0 Å². The second-order valence-electron chi connectivity index (χ2n) is 6.93. The molecule has 1 saturated heterocycles. The summed E-state index contributed by atoms with van der Waals surface area (Å²) in [7, 11) is 0. The number of aromatic nitrogens is 1. The smallest absolute Gasteiger partial charge is 0.276 e. The van der Waals surface area contributed by atoms with Crippen LogP contribution < -0.4 is 0 Å². The Hall–Kier alpha value is -1.40. The first-order valence-corrected chi connectivity index (χ1v) is 8.48. The van der Waals surface area contributed by atoms with E-state index in [0.717, 1.165) is 19.3 Å². The summed E-state index contributed by atoms with van der Waals surface area (Å²) in [5, 5.41) is 3.85. The highest BCUT2D eigenvalue weighted by atomic mass is 16.5. The van der Waals surface area contributed by atoms with Gasteiger partial charge in [0, 0.05) is 18.5 Å². The van der Waals surface area contributed by atoms with Gasteiger partial charge in [-0.2, -0.15) is 0 Å². The highest BCUT2D eigenvalue weighted by Crippen LogP contribution is 2.41. The van der Waals surface area contributed by atoms with Gasteiger partial charge in [-0.3, -0.25) is 4.79 Å². The minimum atomic E-state index is -0.262. The lowest BCUT2D eigenvalue weighted by Gasteiger charge is -2.44. The molecular weight excluding hydrogens is 296 g/mol. The average molecular weight is 322 g/mol. The minimum absolute atomic E-state index is 0.0695. The van der Waals surface area contributed by atoms with Crippen molar-refractivity contribution in [3.05, 3.63) is 17.5 Å². The molecule has 2 heterocycles. The van der Waals surface area contributed by atoms with Gasteiger partial charge in [0.15, 0.2) is 5.69 Å². The Kier molecular flexibility index (Phi) is 4.73. The van der Waals surface area contributed by atoms with Gasteiger partial charge in [0.05, 0.1) is 31.5 Å². The van der Waals surface area contributed by atoms with Crippen LogP contribution in [0.25, 0.3) is 0 Å². The van der Waals surface area contributed by atoms with Gasteiger partial charge in [-0.05, 0) is 33.6 Å². The zero-order chi connectivity index (χ0) is 16.4. The first-order valence-electron chi connectivity index (χ1n) is 8.48. The van der Waals surface area contributed by atoms with E-state index in [1.54, 1.807) is 13.0 Å². The third-order valence-electron chi connectivity index (χ3n) is 4.87. The zero-order valence-corrected chi connectivity index (χ0v) is 14.2. The number of aryl methyl sites for hydroxylation is 1. The molecule has 1 aromatic rings. The third-order valence-corrected chi connectivity index (χ3v) is 4.87. The van der Waals surface area contributed by atoms with Crippen LogP contribution in [0.1, 0.15) is 49.4 Å². The summed E-state index contributed by atoms with van der Waals surface area (Å²) >= 11 is 0. The van der Waals surface area contributed by atoms with Crippen molar-refractivity contribution in [2.75, 3.05) is 26.3 Å². The highest BCUT2D eigenvalue weighted by Gasteiger charge is 2.48. The fourth-order valence-electron chi connectivity index (χ4n) is 3.67. The fraction of sp³-hybridized carbons (Fsp3) is 0.765. The van der Waals surface area contributed by atoms with E-state index in [0.29, 0.717) is 43.7 Å². The number of nitrogens with zero attached hydrogens (tertiary/aromatic N) is 2. The molecule has 2 fully saturated rings. The van der Waals surface area contributed by atoms with E-state index in [4.69, 9.17) is 14.0 Å². The van der Waals surface area contributed by atoms with Gasteiger partial charge in [0.25, 0.3) is 5.91 Å². The van der Waals surface area contributed by atoms with Crippen LogP contribution in [-0.4, -0.2) is 54.0 Å². The lowest BCUT2D eigenvalue weighted by Crippen LogP contribution is -2.56. The van der Waals surface area contributed by atoms with Crippen molar-refractivity contribution in [3.8, 4) is 0 Å². The molecule has 2 aliphatic rings.